The van der Waals surface area contributed by atoms with E-state index in [2.05, 4.69) is 10.6 Å². The van der Waals surface area contributed by atoms with Gasteiger partial charge in [-0.1, -0.05) is 25.1 Å². The molecule has 25 heavy (non-hydrogen) atoms. The predicted octanol–water partition coefficient (Wildman–Crippen LogP) is 2.73. The predicted molar refractivity (Wildman–Crippen MR) is 89.3 cm³/mol. The maximum atomic E-state index is 13.1. The third-order valence-corrected chi connectivity index (χ3v) is 4.81. The molecule has 1 aromatic rings. The first kappa shape index (κ1) is 19.7. The second-order valence-electron chi connectivity index (χ2n) is 6.65. The Bertz CT molecular complexity index is 584. The highest BCUT2D eigenvalue weighted by Gasteiger charge is 2.37. The molecule has 1 amide bonds. The van der Waals surface area contributed by atoms with Gasteiger partial charge in [0.2, 0.25) is 5.91 Å². The lowest BCUT2D eigenvalue weighted by Gasteiger charge is -2.38. The maximum Gasteiger partial charge on any atom is 0.416 e. The van der Waals surface area contributed by atoms with Gasteiger partial charge in [0.1, 0.15) is 0 Å². The highest BCUT2D eigenvalue weighted by atomic mass is 19.4. The lowest BCUT2D eigenvalue weighted by Crippen LogP contribution is -2.46. The van der Waals surface area contributed by atoms with Gasteiger partial charge in [0.05, 0.1) is 5.56 Å². The molecule has 7 heteroatoms. The van der Waals surface area contributed by atoms with Gasteiger partial charge < -0.3 is 15.4 Å². The highest BCUT2D eigenvalue weighted by molar-refractivity contribution is 5.78. The fourth-order valence-electron chi connectivity index (χ4n) is 3.18. The van der Waals surface area contributed by atoms with Crippen LogP contribution in [0.15, 0.2) is 24.3 Å². The van der Waals surface area contributed by atoms with Crippen LogP contribution in [0.2, 0.25) is 0 Å². The topological polar surface area (TPSA) is 50.4 Å². The van der Waals surface area contributed by atoms with Crippen molar-refractivity contribution in [2.24, 2.45) is 5.92 Å². The monoisotopic (exact) mass is 358 g/mol. The van der Waals surface area contributed by atoms with Gasteiger partial charge in [-0.25, -0.2) is 0 Å². The molecule has 4 nitrogen and oxygen atoms in total. The Balaban J connectivity index is 2.22. The van der Waals surface area contributed by atoms with E-state index in [4.69, 9.17) is 4.74 Å². The standard InChI is InChI=1S/C18H25F3N2O2/c1-13(11-22-2)16(24)23-12-17(6-8-25-9-7-17)14-4-3-5-15(10-14)18(19,20)21/h3-5,10,13,22H,6-9,11-12H2,1-2H3,(H,23,24). The van der Waals surface area contributed by atoms with Gasteiger partial charge in [-0.15, -0.1) is 0 Å². The number of nitrogens with one attached hydrogen (secondary N) is 2. The highest BCUT2D eigenvalue weighted by Crippen LogP contribution is 2.37. The molecule has 1 fully saturated rings. The fraction of sp³-hybridized carbons (Fsp3) is 0.611. The summed E-state index contributed by atoms with van der Waals surface area (Å²) < 4.78 is 44.6. The summed E-state index contributed by atoms with van der Waals surface area (Å²) in [7, 11) is 1.77. The second kappa shape index (κ2) is 8.19. The first-order valence-corrected chi connectivity index (χ1v) is 8.46. The summed E-state index contributed by atoms with van der Waals surface area (Å²) in [4.78, 5) is 12.2. The van der Waals surface area contributed by atoms with Crippen LogP contribution in [-0.2, 0) is 21.1 Å². The molecule has 140 valence electrons. The molecule has 1 saturated heterocycles. The smallest absolute Gasteiger partial charge is 0.381 e. The van der Waals surface area contributed by atoms with Crippen molar-refractivity contribution in [3.05, 3.63) is 35.4 Å². The van der Waals surface area contributed by atoms with Crippen molar-refractivity contribution in [1.29, 1.82) is 0 Å². The van der Waals surface area contributed by atoms with E-state index in [1.54, 1.807) is 13.1 Å². The van der Waals surface area contributed by atoms with Crippen molar-refractivity contribution < 1.29 is 22.7 Å². The number of alkyl halides is 3. The van der Waals surface area contributed by atoms with Crippen molar-refractivity contribution in [1.82, 2.24) is 10.6 Å². The molecular formula is C18H25F3N2O2. The Morgan fingerprint density at radius 1 is 1.32 bits per heavy atom. The number of rotatable bonds is 6. The van der Waals surface area contributed by atoms with Crippen LogP contribution in [0.1, 0.15) is 30.9 Å². The number of ether oxygens (including phenoxy) is 1. The first-order chi connectivity index (χ1) is 11.8. The quantitative estimate of drug-likeness (QED) is 0.822. The van der Waals surface area contributed by atoms with E-state index in [9.17, 15) is 18.0 Å². The van der Waals surface area contributed by atoms with Crippen LogP contribution in [0.5, 0.6) is 0 Å². The van der Waals surface area contributed by atoms with E-state index in [-0.39, 0.29) is 11.8 Å². The number of benzene rings is 1. The number of carbonyl (C=O) groups excluding carboxylic acids is 1. The Morgan fingerprint density at radius 3 is 2.60 bits per heavy atom. The van der Waals surface area contributed by atoms with Gasteiger partial charge in [0.15, 0.2) is 0 Å². The molecule has 0 radical (unpaired) electrons. The molecular weight excluding hydrogens is 333 g/mol. The van der Waals surface area contributed by atoms with E-state index in [0.29, 0.717) is 44.7 Å². The van der Waals surface area contributed by atoms with Crippen LogP contribution in [0.4, 0.5) is 13.2 Å². The lowest BCUT2D eigenvalue weighted by atomic mass is 9.73. The third kappa shape index (κ3) is 4.95. The molecule has 0 saturated carbocycles. The average molecular weight is 358 g/mol. The Kier molecular flexibility index (Phi) is 6.46. The zero-order chi connectivity index (χ0) is 18.5. The zero-order valence-corrected chi connectivity index (χ0v) is 14.6. The van der Waals surface area contributed by atoms with E-state index < -0.39 is 17.2 Å². The number of amides is 1. The molecule has 0 aliphatic carbocycles. The van der Waals surface area contributed by atoms with Crippen molar-refractivity contribution in [2.45, 2.75) is 31.4 Å². The summed E-state index contributed by atoms with van der Waals surface area (Å²) in [5.41, 5.74) is -0.591. The Hall–Kier alpha value is -1.60. The second-order valence-corrected chi connectivity index (χ2v) is 6.65. The Morgan fingerprint density at radius 2 is 2.00 bits per heavy atom. The van der Waals surface area contributed by atoms with Gasteiger partial charge in [-0.2, -0.15) is 13.2 Å². The minimum Gasteiger partial charge on any atom is -0.381 e. The summed E-state index contributed by atoms with van der Waals surface area (Å²) in [5.74, 6) is -0.310. The fourth-order valence-corrected chi connectivity index (χ4v) is 3.18. The molecule has 1 aromatic carbocycles. The molecule has 1 heterocycles. The SMILES string of the molecule is CNCC(C)C(=O)NCC1(c2cccc(C(F)(F)F)c2)CCOCC1. The summed E-state index contributed by atoms with van der Waals surface area (Å²) in [6.07, 6.45) is -3.23. The molecule has 0 aromatic heterocycles. The summed E-state index contributed by atoms with van der Waals surface area (Å²) >= 11 is 0. The van der Waals surface area contributed by atoms with Crippen molar-refractivity contribution >= 4 is 5.91 Å². The summed E-state index contributed by atoms with van der Waals surface area (Å²) in [5, 5.41) is 5.86. The van der Waals surface area contributed by atoms with Gasteiger partial charge in [0.25, 0.3) is 0 Å². The van der Waals surface area contributed by atoms with E-state index in [1.807, 2.05) is 6.92 Å². The molecule has 1 atom stereocenters. The first-order valence-electron chi connectivity index (χ1n) is 8.46. The van der Waals surface area contributed by atoms with Crippen LogP contribution >= 0.6 is 0 Å². The molecule has 2 rings (SSSR count). The minimum atomic E-state index is -4.38. The van der Waals surface area contributed by atoms with E-state index in [1.165, 1.54) is 12.1 Å². The van der Waals surface area contributed by atoms with Crippen molar-refractivity contribution in [3.8, 4) is 0 Å². The lowest BCUT2D eigenvalue weighted by molar-refractivity contribution is -0.137. The molecule has 1 unspecified atom stereocenters. The van der Waals surface area contributed by atoms with Gasteiger partial charge in [-0.05, 0) is 31.5 Å². The normalized spacial score (nSPS) is 18.6. The number of hydrogen-bond donors (Lipinski definition) is 2. The van der Waals surface area contributed by atoms with Crippen LogP contribution in [-0.4, -0.2) is 39.3 Å². The van der Waals surface area contributed by atoms with Gasteiger partial charge in [0, 0.05) is 37.6 Å². The van der Waals surface area contributed by atoms with Gasteiger partial charge in [-0.3, -0.25) is 4.79 Å². The molecule has 2 N–H and O–H groups in total. The van der Waals surface area contributed by atoms with E-state index >= 15 is 0 Å². The van der Waals surface area contributed by atoms with Crippen LogP contribution in [0, 0.1) is 5.92 Å². The third-order valence-electron chi connectivity index (χ3n) is 4.81. The van der Waals surface area contributed by atoms with E-state index in [0.717, 1.165) is 6.07 Å². The largest absolute Gasteiger partial charge is 0.416 e. The number of carbonyl (C=O) groups is 1. The minimum absolute atomic E-state index is 0.104. The van der Waals surface area contributed by atoms with Crippen molar-refractivity contribution in [2.75, 3.05) is 33.4 Å². The molecule has 0 spiro atoms. The van der Waals surface area contributed by atoms with Crippen LogP contribution < -0.4 is 10.6 Å². The summed E-state index contributed by atoms with van der Waals surface area (Å²) in [6.45, 7) is 3.61. The number of halogens is 3. The number of hydrogen-bond acceptors (Lipinski definition) is 3. The average Bonchev–Trinajstić information content (AvgIpc) is 2.60. The maximum absolute atomic E-state index is 13.1. The van der Waals surface area contributed by atoms with Crippen LogP contribution in [0.25, 0.3) is 0 Å². The van der Waals surface area contributed by atoms with Crippen LogP contribution in [0.3, 0.4) is 0 Å². The van der Waals surface area contributed by atoms with Gasteiger partial charge >= 0.3 is 6.18 Å². The Labute approximate surface area is 146 Å². The molecule has 0 bridgehead atoms. The summed E-state index contributed by atoms with van der Waals surface area (Å²) in [6, 6.07) is 5.42. The molecule has 1 aliphatic rings. The molecule has 1 aliphatic heterocycles. The zero-order valence-electron chi connectivity index (χ0n) is 14.6. The van der Waals surface area contributed by atoms with Crippen molar-refractivity contribution in [3.63, 3.8) is 0 Å².